The van der Waals surface area contributed by atoms with Gasteiger partial charge in [0.2, 0.25) is 0 Å². The minimum Gasteiger partial charge on any atom is -0.443 e. The normalized spacial score (nSPS) is 19.0. The zero-order valence-electron chi connectivity index (χ0n) is 22.6. The summed E-state index contributed by atoms with van der Waals surface area (Å²) in [5.41, 5.74) is -0.0455. The van der Waals surface area contributed by atoms with Crippen LogP contribution < -0.4 is 4.90 Å². The molecule has 2 atom stereocenters. The quantitative estimate of drug-likeness (QED) is 0.520. The number of hydrogen-bond acceptors (Lipinski definition) is 9. The summed E-state index contributed by atoms with van der Waals surface area (Å²) in [7, 11) is 1.56. The van der Waals surface area contributed by atoms with Crippen LogP contribution in [0.1, 0.15) is 48.8 Å². The van der Waals surface area contributed by atoms with E-state index in [-0.39, 0.29) is 46.4 Å². The number of carbonyl (C=O) groups excluding carboxylic acids is 2. The van der Waals surface area contributed by atoms with E-state index in [0.29, 0.717) is 25.3 Å². The Kier molecular flexibility index (Phi) is 7.03. The summed E-state index contributed by atoms with van der Waals surface area (Å²) in [6.45, 7) is 5.80. The summed E-state index contributed by atoms with van der Waals surface area (Å²) in [5.74, 6) is -0.721. The van der Waals surface area contributed by atoms with Gasteiger partial charge in [-0.25, -0.2) is 23.8 Å². The number of ether oxygens (including phenoxy) is 2. The predicted molar refractivity (Wildman–Crippen MR) is 141 cm³/mol. The van der Waals surface area contributed by atoms with Gasteiger partial charge in [-0.1, -0.05) is 6.07 Å². The lowest BCUT2D eigenvalue weighted by molar-refractivity contribution is -0.0218. The third-order valence-corrected chi connectivity index (χ3v) is 6.81. The number of fused-ring (bicyclic) bond motifs is 1. The largest absolute Gasteiger partial charge is 0.443 e. The summed E-state index contributed by atoms with van der Waals surface area (Å²) < 4.78 is 27.2. The number of piperidine rings is 1. The van der Waals surface area contributed by atoms with Crippen molar-refractivity contribution in [2.24, 2.45) is 0 Å². The molecule has 0 bridgehead atoms. The van der Waals surface area contributed by atoms with Gasteiger partial charge in [-0.05, 0) is 45.4 Å². The van der Waals surface area contributed by atoms with Crippen LogP contribution >= 0.6 is 0 Å². The zero-order chi connectivity index (χ0) is 28.8. The SMILES string of the molecule is CO[C@@H]1CCN(c2ccn(-c3cc(-c4c(F)cccc4C#N)nc4c3C(=O)N(C(=O)OC(C)(C)C)C4)n2)C[C@H]1O. The van der Waals surface area contributed by atoms with Crippen molar-refractivity contribution in [3.8, 4) is 23.0 Å². The van der Waals surface area contributed by atoms with Crippen LogP contribution in [0.3, 0.4) is 0 Å². The first-order valence-corrected chi connectivity index (χ1v) is 12.8. The number of pyridine rings is 1. The van der Waals surface area contributed by atoms with Gasteiger partial charge >= 0.3 is 6.09 Å². The van der Waals surface area contributed by atoms with Crippen molar-refractivity contribution >= 4 is 17.8 Å². The van der Waals surface area contributed by atoms with Crippen LogP contribution in [0, 0.1) is 17.1 Å². The molecule has 2 aliphatic heterocycles. The molecule has 0 radical (unpaired) electrons. The summed E-state index contributed by atoms with van der Waals surface area (Å²) in [4.78, 5) is 33.8. The van der Waals surface area contributed by atoms with Crippen LogP contribution in [0.25, 0.3) is 16.9 Å². The Hall–Kier alpha value is -4.34. The molecule has 0 unspecified atom stereocenters. The van der Waals surface area contributed by atoms with E-state index in [4.69, 9.17) is 9.47 Å². The lowest BCUT2D eigenvalue weighted by Gasteiger charge is -2.35. The Morgan fingerprint density at radius 1 is 1.25 bits per heavy atom. The number of carbonyl (C=O) groups is 2. The molecule has 4 heterocycles. The molecule has 2 aliphatic rings. The van der Waals surface area contributed by atoms with Crippen molar-refractivity contribution in [1.82, 2.24) is 19.7 Å². The fourth-order valence-corrected chi connectivity index (χ4v) is 4.95. The highest BCUT2D eigenvalue weighted by atomic mass is 19.1. The number of nitrogens with zero attached hydrogens (tertiary/aromatic N) is 6. The number of nitriles is 1. The molecule has 0 saturated carbocycles. The maximum atomic E-state index is 15.0. The van der Waals surface area contributed by atoms with Gasteiger partial charge in [-0.2, -0.15) is 10.4 Å². The average Bonchev–Trinajstić information content (AvgIpc) is 3.52. The number of hydrogen-bond donors (Lipinski definition) is 1. The molecule has 40 heavy (non-hydrogen) atoms. The molecule has 5 rings (SSSR count). The second-order valence-electron chi connectivity index (χ2n) is 10.7. The van der Waals surface area contributed by atoms with E-state index < -0.39 is 29.5 Å². The van der Waals surface area contributed by atoms with Crippen LogP contribution in [0.5, 0.6) is 0 Å². The van der Waals surface area contributed by atoms with Crippen molar-refractivity contribution in [2.45, 2.75) is 51.5 Å². The summed E-state index contributed by atoms with van der Waals surface area (Å²) in [5, 5.41) is 24.7. The minimum atomic E-state index is -0.833. The molecular weight excluding hydrogens is 519 g/mol. The zero-order valence-corrected chi connectivity index (χ0v) is 22.6. The first kappa shape index (κ1) is 27.2. The van der Waals surface area contributed by atoms with Gasteiger partial charge in [-0.3, -0.25) is 4.79 Å². The standard InChI is InChI=1S/C28H29FN6O5/c1-28(2,3)40-27(38)34-14-19-25(26(34)37)20(12-18(31-19)24-16(13-30)6-5-7-17(24)29)35-11-9-23(32-35)33-10-8-22(39-4)21(36)15-33/h5-7,9,11-12,21-22,36H,8,10,14-15H2,1-4H3/t21-,22-/m1/s1. The maximum Gasteiger partial charge on any atom is 0.417 e. The van der Waals surface area contributed by atoms with Crippen LogP contribution in [0.4, 0.5) is 15.0 Å². The minimum absolute atomic E-state index is 0.0191. The highest BCUT2D eigenvalue weighted by molar-refractivity contribution is 6.08. The number of rotatable bonds is 4. The van der Waals surface area contributed by atoms with Gasteiger partial charge in [0.15, 0.2) is 5.82 Å². The molecule has 11 nitrogen and oxygen atoms in total. The Bertz CT molecular complexity index is 1520. The Balaban J connectivity index is 1.60. The molecular formula is C28H29FN6O5. The van der Waals surface area contributed by atoms with E-state index >= 15 is 4.39 Å². The molecule has 2 aromatic heterocycles. The van der Waals surface area contributed by atoms with E-state index in [1.54, 1.807) is 40.1 Å². The fourth-order valence-electron chi connectivity index (χ4n) is 4.95. The Labute approximate surface area is 230 Å². The average molecular weight is 549 g/mol. The Morgan fingerprint density at radius 2 is 2.02 bits per heavy atom. The molecule has 1 aromatic carbocycles. The number of amides is 2. The van der Waals surface area contributed by atoms with Crippen molar-refractivity contribution < 1.29 is 28.6 Å². The topological polar surface area (TPSA) is 134 Å². The highest BCUT2D eigenvalue weighted by Gasteiger charge is 2.39. The van der Waals surface area contributed by atoms with Crippen molar-refractivity contribution in [1.29, 1.82) is 5.26 Å². The summed E-state index contributed by atoms with van der Waals surface area (Å²) in [6, 6.07) is 9.34. The van der Waals surface area contributed by atoms with Crippen LogP contribution in [-0.4, -0.2) is 74.8 Å². The molecule has 1 fully saturated rings. The number of aliphatic hydroxyl groups is 1. The van der Waals surface area contributed by atoms with E-state index in [9.17, 15) is 20.0 Å². The van der Waals surface area contributed by atoms with Crippen LogP contribution in [0.15, 0.2) is 36.5 Å². The van der Waals surface area contributed by atoms with Crippen LogP contribution in [0.2, 0.25) is 0 Å². The predicted octanol–water partition coefficient (Wildman–Crippen LogP) is 3.42. The second kappa shape index (κ2) is 10.3. The van der Waals surface area contributed by atoms with Crippen molar-refractivity contribution in [2.75, 3.05) is 25.1 Å². The lowest BCUT2D eigenvalue weighted by atomic mass is 10.0. The smallest absolute Gasteiger partial charge is 0.417 e. The van der Waals surface area contributed by atoms with E-state index in [1.807, 2.05) is 11.0 Å². The molecule has 0 spiro atoms. The monoisotopic (exact) mass is 548 g/mol. The number of methoxy groups -OCH3 is 1. The summed E-state index contributed by atoms with van der Waals surface area (Å²) in [6.07, 6.45) is 0.445. The van der Waals surface area contributed by atoms with Gasteiger partial charge in [0, 0.05) is 32.5 Å². The maximum absolute atomic E-state index is 15.0. The third kappa shape index (κ3) is 5.01. The molecule has 208 valence electrons. The van der Waals surface area contributed by atoms with Gasteiger partial charge in [0.25, 0.3) is 5.91 Å². The molecule has 1 saturated heterocycles. The number of β-amino-alcohol motifs (C(OH)–C–C–N with tert-alkyl or cyclic N) is 1. The first-order valence-electron chi connectivity index (χ1n) is 12.8. The number of benzene rings is 1. The van der Waals surface area contributed by atoms with Gasteiger partial charge in [0.05, 0.1) is 58.6 Å². The van der Waals surface area contributed by atoms with E-state index in [2.05, 4.69) is 10.1 Å². The van der Waals surface area contributed by atoms with Gasteiger partial charge in [0.1, 0.15) is 11.4 Å². The molecule has 12 heteroatoms. The number of anilines is 1. The molecule has 2 amide bonds. The Morgan fingerprint density at radius 3 is 2.70 bits per heavy atom. The second-order valence-corrected chi connectivity index (χ2v) is 10.7. The van der Waals surface area contributed by atoms with Gasteiger partial charge in [-0.15, -0.1) is 0 Å². The fraction of sp³-hybridized carbons (Fsp3) is 0.393. The molecule has 3 aromatic rings. The number of halogens is 1. The molecule has 0 aliphatic carbocycles. The van der Waals surface area contributed by atoms with Gasteiger partial charge < -0.3 is 19.5 Å². The van der Waals surface area contributed by atoms with Crippen molar-refractivity contribution in [3.05, 3.63) is 59.2 Å². The van der Waals surface area contributed by atoms with E-state index in [1.165, 1.54) is 28.9 Å². The number of aliphatic hydroxyl groups excluding tert-OH is 1. The number of imide groups is 1. The summed E-state index contributed by atoms with van der Waals surface area (Å²) >= 11 is 0. The third-order valence-electron chi connectivity index (χ3n) is 6.81. The lowest BCUT2D eigenvalue weighted by Crippen LogP contribution is -2.47. The highest BCUT2D eigenvalue weighted by Crippen LogP contribution is 2.34. The number of aromatic nitrogens is 3. The molecule has 1 N–H and O–H groups in total. The van der Waals surface area contributed by atoms with E-state index in [0.717, 1.165) is 4.90 Å². The first-order chi connectivity index (χ1) is 19.0. The van der Waals surface area contributed by atoms with Crippen LogP contribution in [-0.2, 0) is 16.0 Å². The van der Waals surface area contributed by atoms with Crippen molar-refractivity contribution in [3.63, 3.8) is 0 Å².